The molecule has 3 heterocycles. The predicted molar refractivity (Wildman–Crippen MR) is 77.6 cm³/mol. The summed E-state index contributed by atoms with van der Waals surface area (Å²) in [6.07, 6.45) is -3.28. The van der Waals surface area contributed by atoms with Gasteiger partial charge < -0.3 is 9.64 Å². The van der Waals surface area contributed by atoms with E-state index in [1.165, 1.54) is 11.0 Å². The minimum atomic E-state index is -4.45. The number of aromatic nitrogens is 4. The highest BCUT2D eigenvalue weighted by atomic mass is 35.5. The van der Waals surface area contributed by atoms with E-state index in [0.29, 0.717) is 22.6 Å². The number of halogens is 4. The second-order valence-corrected chi connectivity index (χ2v) is 5.61. The lowest BCUT2D eigenvalue weighted by atomic mass is 9.98. The topological polar surface area (TPSA) is 56.1 Å². The van der Waals surface area contributed by atoms with Crippen LogP contribution in [0.15, 0.2) is 6.20 Å². The van der Waals surface area contributed by atoms with E-state index in [0.717, 1.165) is 0 Å². The Kier molecular flexibility index (Phi) is 3.62. The van der Waals surface area contributed by atoms with Gasteiger partial charge in [0.15, 0.2) is 11.8 Å². The number of hydrogen-bond acceptors (Lipinski definition) is 5. The first-order valence-electron chi connectivity index (χ1n) is 6.71. The molecule has 6 nitrogen and oxygen atoms in total. The summed E-state index contributed by atoms with van der Waals surface area (Å²) in [5.74, 6) is -0.0257. The highest BCUT2D eigenvalue weighted by Gasteiger charge is 2.36. The standard InChI is InChI=1S/C13H13ClF3N5O/c1-6-9-10(20-22(3)19-9)8-7(23-5-13(15,16)17)4-18-12(14)11(8)21(6)2/h4,6H,5H2,1-3H3. The van der Waals surface area contributed by atoms with Crippen molar-refractivity contribution in [3.63, 3.8) is 0 Å². The molecular formula is C13H13ClF3N5O. The zero-order chi connectivity index (χ0) is 16.9. The van der Waals surface area contributed by atoms with E-state index >= 15 is 0 Å². The summed E-state index contributed by atoms with van der Waals surface area (Å²) in [6, 6.07) is -0.150. The van der Waals surface area contributed by atoms with Gasteiger partial charge in [0.1, 0.15) is 17.1 Å². The molecule has 0 aliphatic carbocycles. The van der Waals surface area contributed by atoms with Gasteiger partial charge >= 0.3 is 6.18 Å². The molecule has 1 aliphatic heterocycles. The third-order valence-electron chi connectivity index (χ3n) is 3.67. The normalized spacial score (nSPS) is 17.0. The van der Waals surface area contributed by atoms with Crippen molar-refractivity contribution >= 4 is 17.3 Å². The van der Waals surface area contributed by atoms with Crippen LogP contribution < -0.4 is 9.64 Å². The summed E-state index contributed by atoms with van der Waals surface area (Å²) in [5.41, 5.74) is 1.95. The highest BCUT2D eigenvalue weighted by molar-refractivity contribution is 6.33. The number of aryl methyl sites for hydroxylation is 1. The van der Waals surface area contributed by atoms with Crippen LogP contribution in [0.3, 0.4) is 0 Å². The Hall–Kier alpha value is -2.03. The first-order valence-corrected chi connectivity index (χ1v) is 7.09. The third-order valence-corrected chi connectivity index (χ3v) is 3.95. The van der Waals surface area contributed by atoms with Crippen molar-refractivity contribution < 1.29 is 17.9 Å². The van der Waals surface area contributed by atoms with Crippen molar-refractivity contribution in [2.75, 3.05) is 18.6 Å². The first-order chi connectivity index (χ1) is 10.7. The van der Waals surface area contributed by atoms with E-state index in [1.807, 2.05) is 6.92 Å². The van der Waals surface area contributed by atoms with Crippen molar-refractivity contribution in [3.05, 3.63) is 17.0 Å². The number of ether oxygens (including phenoxy) is 1. The summed E-state index contributed by atoms with van der Waals surface area (Å²) in [6.45, 7) is 0.480. The fourth-order valence-corrected chi connectivity index (χ4v) is 2.82. The van der Waals surface area contributed by atoms with Gasteiger partial charge in [-0.2, -0.15) is 28.2 Å². The maximum absolute atomic E-state index is 12.5. The minimum Gasteiger partial charge on any atom is -0.482 e. The summed E-state index contributed by atoms with van der Waals surface area (Å²) >= 11 is 6.15. The van der Waals surface area contributed by atoms with E-state index < -0.39 is 12.8 Å². The average Bonchev–Trinajstić information content (AvgIpc) is 2.84. The summed E-state index contributed by atoms with van der Waals surface area (Å²) < 4.78 is 42.4. The van der Waals surface area contributed by atoms with Crippen LogP contribution in [-0.2, 0) is 7.05 Å². The Bertz CT molecular complexity index is 761. The second-order valence-electron chi connectivity index (χ2n) is 5.25. The van der Waals surface area contributed by atoms with Crippen LogP contribution in [0, 0.1) is 0 Å². The molecule has 124 valence electrons. The zero-order valence-electron chi connectivity index (χ0n) is 12.5. The van der Waals surface area contributed by atoms with E-state index in [4.69, 9.17) is 16.3 Å². The number of fused-ring (bicyclic) bond motifs is 3. The van der Waals surface area contributed by atoms with Gasteiger partial charge in [-0.15, -0.1) is 0 Å². The van der Waals surface area contributed by atoms with Crippen LogP contribution in [0.25, 0.3) is 11.3 Å². The van der Waals surface area contributed by atoms with E-state index in [-0.39, 0.29) is 16.9 Å². The van der Waals surface area contributed by atoms with Crippen molar-refractivity contribution in [2.45, 2.75) is 19.1 Å². The molecule has 2 aromatic heterocycles. The van der Waals surface area contributed by atoms with Gasteiger partial charge in [0, 0.05) is 14.1 Å². The summed E-state index contributed by atoms with van der Waals surface area (Å²) in [5, 5.41) is 8.71. The lowest BCUT2D eigenvalue weighted by molar-refractivity contribution is -0.153. The molecule has 3 rings (SSSR count). The molecule has 0 amide bonds. The second kappa shape index (κ2) is 5.26. The Morgan fingerprint density at radius 1 is 1.30 bits per heavy atom. The molecule has 0 saturated heterocycles. The lowest BCUT2D eigenvalue weighted by Gasteiger charge is -2.33. The molecule has 0 N–H and O–H groups in total. The minimum absolute atomic E-state index is 0.0257. The van der Waals surface area contributed by atoms with Gasteiger partial charge in [0.05, 0.1) is 23.5 Å². The highest BCUT2D eigenvalue weighted by Crippen LogP contribution is 2.49. The molecule has 1 unspecified atom stereocenters. The van der Waals surface area contributed by atoms with E-state index in [2.05, 4.69) is 15.2 Å². The molecule has 0 spiro atoms. The molecule has 0 fully saturated rings. The predicted octanol–water partition coefficient (Wildman–Crippen LogP) is 2.98. The van der Waals surface area contributed by atoms with Crippen molar-refractivity contribution in [2.24, 2.45) is 7.05 Å². The Morgan fingerprint density at radius 2 is 2.00 bits per heavy atom. The van der Waals surface area contributed by atoms with Crippen LogP contribution >= 0.6 is 11.6 Å². The molecule has 0 radical (unpaired) electrons. The van der Waals surface area contributed by atoms with Crippen molar-refractivity contribution in [1.29, 1.82) is 0 Å². The number of pyridine rings is 1. The summed E-state index contributed by atoms with van der Waals surface area (Å²) in [4.78, 5) is 7.09. The Morgan fingerprint density at radius 3 is 2.65 bits per heavy atom. The Balaban J connectivity index is 2.17. The number of alkyl halides is 3. The molecule has 0 aromatic carbocycles. The van der Waals surface area contributed by atoms with Crippen LogP contribution in [0.4, 0.5) is 18.9 Å². The maximum Gasteiger partial charge on any atom is 0.422 e. The maximum atomic E-state index is 12.5. The SMILES string of the molecule is CC1c2nn(C)nc2-c2c(OCC(F)(F)F)cnc(Cl)c2N1C. The van der Waals surface area contributed by atoms with E-state index in [9.17, 15) is 13.2 Å². The molecule has 0 saturated carbocycles. The Labute approximate surface area is 134 Å². The van der Waals surface area contributed by atoms with Gasteiger partial charge in [0.2, 0.25) is 0 Å². The zero-order valence-corrected chi connectivity index (χ0v) is 13.3. The molecule has 1 aliphatic rings. The lowest BCUT2D eigenvalue weighted by Crippen LogP contribution is -2.28. The molecular weight excluding hydrogens is 335 g/mol. The fourth-order valence-electron chi connectivity index (χ4n) is 2.54. The third kappa shape index (κ3) is 2.69. The fraction of sp³-hybridized carbons (Fsp3) is 0.462. The number of anilines is 1. The van der Waals surface area contributed by atoms with Gasteiger partial charge in [-0.1, -0.05) is 11.6 Å². The molecule has 1 atom stereocenters. The van der Waals surface area contributed by atoms with Gasteiger partial charge in [-0.25, -0.2) is 4.98 Å². The van der Waals surface area contributed by atoms with Crippen LogP contribution in [0.5, 0.6) is 5.75 Å². The average molecular weight is 348 g/mol. The molecule has 2 aromatic rings. The number of rotatable bonds is 2. The van der Waals surface area contributed by atoms with Crippen molar-refractivity contribution in [1.82, 2.24) is 20.0 Å². The van der Waals surface area contributed by atoms with Gasteiger partial charge in [-0.05, 0) is 6.92 Å². The van der Waals surface area contributed by atoms with Gasteiger partial charge in [0.25, 0.3) is 0 Å². The van der Waals surface area contributed by atoms with Gasteiger partial charge in [-0.3, -0.25) is 0 Å². The van der Waals surface area contributed by atoms with Crippen LogP contribution in [-0.4, -0.2) is 39.8 Å². The quantitative estimate of drug-likeness (QED) is 0.782. The number of hydrogen-bond donors (Lipinski definition) is 0. The van der Waals surface area contributed by atoms with Crippen LogP contribution in [0.2, 0.25) is 5.15 Å². The monoisotopic (exact) mass is 347 g/mol. The molecule has 10 heteroatoms. The molecule has 23 heavy (non-hydrogen) atoms. The number of nitrogens with zero attached hydrogens (tertiary/aromatic N) is 5. The van der Waals surface area contributed by atoms with E-state index in [1.54, 1.807) is 19.0 Å². The molecule has 0 bridgehead atoms. The largest absolute Gasteiger partial charge is 0.482 e. The summed E-state index contributed by atoms with van der Waals surface area (Å²) in [7, 11) is 3.41. The van der Waals surface area contributed by atoms with Crippen molar-refractivity contribution in [3.8, 4) is 17.0 Å². The van der Waals surface area contributed by atoms with Crippen LogP contribution in [0.1, 0.15) is 18.7 Å². The first kappa shape index (κ1) is 15.9. The smallest absolute Gasteiger partial charge is 0.422 e.